The molecule has 4 heteroatoms. The average Bonchev–Trinajstić information content (AvgIpc) is 2.78. The largest absolute Gasteiger partial charge is 0.375 e. The number of nitrogens with one attached hydrogen (secondary N) is 1. The van der Waals surface area contributed by atoms with Crippen LogP contribution in [0.15, 0.2) is 30.3 Å². The zero-order valence-electron chi connectivity index (χ0n) is 18.0. The van der Waals surface area contributed by atoms with Crippen molar-refractivity contribution in [2.24, 2.45) is 5.41 Å². The van der Waals surface area contributed by atoms with Gasteiger partial charge in [-0.25, -0.2) is 0 Å². The molecule has 0 unspecified atom stereocenters. The number of amides is 1. The van der Waals surface area contributed by atoms with Crippen LogP contribution in [0, 0.1) is 26.2 Å². The minimum atomic E-state index is -0.0280. The maximum absolute atomic E-state index is 12.4. The molecule has 4 nitrogen and oxygen atoms in total. The molecule has 1 N–H and O–H groups in total. The Morgan fingerprint density at radius 1 is 1.10 bits per heavy atom. The van der Waals surface area contributed by atoms with Crippen molar-refractivity contribution in [3.8, 4) is 0 Å². The van der Waals surface area contributed by atoms with Crippen LogP contribution in [0.25, 0.3) is 0 Å². The number of fused-ring (bicyclic) bond motifs is 1. The van der Waals surface area contributed by atoms with Crippen LogP contribution in [0.3, 0.4) is 0 Å². The van der Waals surface area contributed by atoms with Gasteiger partial charge in [0.2, 0.25) is 5.91 Å². The topological polar surface area (TPSA) is 41.6 Å². The molecule has 29 heavy (non-hydrogen) atoms. The summed E-state index contributed by atoms with van der Waals surface area (Å²) in [6.07, 6.45) is 0.504. The van der Waals surface area contributed by atoms with Gasteiger partial charge in [0.1, 0.15) is 0 Å². The molecule has 1 amide bonds. The van der Waals surface area contributed by atoms with E-state index in [9.17, 15) is 4.79 Å². The molecule has 0 spiro atoms. The standard InChI is InChI=1S/C24H32N2O2.CH4/c1-16-7-8-21-19(11-16)15-28-10-9-26(21)20-12-17(2)23(18(3)13-20)25-22(27)14-24(4,5)6;/h7-8,11-13H,9-10,14-15H2,1-6H3,(H,25,27);1H4. The Kier molecular flexibility index (Phi) is 7.12. The third-order valence-corrected chi connectivity index (χ3v) is 5.03. The highest BCUT2D eigenvalue weighted by atomic mass is 16.5. The van der Waals surface area contributed by atoms with Gasteiger partial charge in [-0.1, -0.05) is 45.9 Å². The van der Waals surface area contributed by atoms with Crippen molar-refractivity contribution in [2.45, 2.75) is 62.0 Å². The van der Waals surface area contributed by atoms with E-state index in [0.717, 1.165) is 29.0 Å². The van der Waals surface area contributed by atoms with E-state index in [1.807, 2.05) is 0 Å². The highest BCUT2D eigenvalue weighted by Crippen LogP contribution is 2.35. The second-order valence-corrected chi connectivity index (χ2v) is 9.08. The first-order valence-corrected chi connectivity index (χ1v) is 10.00. The summed E-state index contributed by atoms with van der Waals surface area (Å²) in [6, 6.07) is 10.9. The van der Waals surface area contributed by atoms with Gasteiger partial charge in [0.15, 0.2) is 0 Å². The summed E-state index contributed by atoms with van der Waals surface area (Å²) in [5.41, 5.74) is 7.86. The molecule has 2 aromatic rings. The van der Waals surface area contributed by atoms with Crippen LogP contribution in [-0.4, -0.2) is 19.1 Å². The highest BCUT2D eigenvalue weighted by molar-refractivity contribution is 5.93. The van der Waals surface area contributed by atoms with E-state index in [1.54, 1.807) is 0 Å². The Labute approximate surface area is 176 Å². The monoisotopic (exact) mass is 396 g/mol. The molecule has 1 aliphatic rings. The molecule has 158 valence electrons. The summed E-state index contributed by atoms with van der Waals surface area (Å²) in [6.45, 7) is 14.6. The Morgan fingerprint density at radius 2 is 1.76 bits per heavy atom. The Hall–Kier alpha value is -2.33. The van der Waals surface area contributed by atoms with Crippen molar-refractivity contribution < 1.29 is 9.53 Å². The second-order valence-electron chi connectivity index (χ2n) is 9.08. The Morgan fingerprint density at radius 3 is 2.38 bits per heavy atom. The molecule has 0 fully saturated rings. The summed E-state index contributed by atoms with van der Waals surface area (Å²) < 4.78 is 5.81. The van der Waals surface area contributed by atoms with Crippen LogP contribution < -0.4 is 10.2 Å². The molecule has 0 aliphatic carbocycles. The third-order valence-electron chi connectivity index (χ3n) is 5.03. The lowest BCUT2D eigenvalue weighted by Gasteiger charge is -2.27. The highest BCUT2D eigenvalue weighted by Gasteiger charge is 2.20. The number of ether oxygens (including phenoxy) is 1. The predicted octanol–water partition coefficient (Wildman–Crippen LogP) is 6.29. The molecule has 0 saturated heterocycles. The normalized spacial score (nSPS) is 13.9. The molecular weight excluding hydrogens is 360 g/mol. The molecular formula is C25H36N2O2. The van der Waals surface area contributed by atoms with Crippen molar-refractivity contribution >= 4 is 23.0 Å². The Balaban J connectivity index is 0.00000300. The van der Waals surface area contributed by atoms with Crippen molar-refractivity contribution in [3.05, 3.63) is 52.6 Å². The van der Waals surface area contributed by atoms with Crippen molar-refractivity contribution in [1.82, 2.24) is 0 Å². The molecule has 0 radical (unpaired) electrons. The van der Waals surface area contributed by atoms with Crippen molar-refractivity contribution in [2.75, 3.05) is 23.4 Å². The minimum Gasteiger partial charge on any atom is -0.375 e. The first-order chi connectivity index (χ1) is 13.1. The van der Waals surface area contributed by atoms with E-state index in [4.69, 9.17) is 4.74 Å². The van der Waals surface area contributed by atoms with Gasteiger partial charge < -0.3 is 15.0 Å². The summed E-state index contributed by atoms with van der Waals surface area (Å²) in [5, 5.41) is 3.12. The first-order valence-electron chi connectivity index (χ1n) is 10.00. The van der Waals surface area contributed by atoms with Gasteiger partial charge in [0.25, 0.3) is 0 Å². The van der Waals surface area contributed by atoms with E-state index in [0.29, 0.717) is 19.6 Å². The lowest BCUT2D eigenvalue weighted by Crippen LogP contribution is -2.22. The summed E-state index contributed by atoms with van der Waals surface area (Å²) >= 11 is 0. The van der Waals surface area contributed by atoms with Crippen LogP contribution in [-0.2, 0) is 16.1 Å². The van der Waals surface area contributed by atoms with Crippen LogP contribution in [0.4, 0.5) is 17.1 Å². The maximum Gasteiger partial charge on any atom is 0.224 e. The third kappa shape index (κ3) is 5.60. The molecule has 1 heterocycles. The Bertz CT molecular complexity index is 858. The number of nitrogens with zero attached hydrogens (tertiary/aromatic N) is 1. The fourth-order valence-electron chi connectivity index (χ4n) is 3.78. The number of carbonyl (C=O) groups is 1. The fourth-order valence-corrected chi connectivity index (χ4v) is 3.78. The van der Waals surface area contributed by atoms with Gasteiger partial charge in [-0.05, 0) is 55.5 Å². The van der Waals surface area contributed by atoms with Gasteiger partial charge in [-0.2, -0.15) is 0 Å². The molecule has 0 atom stereocenters. The number of benzene rings is 2. The van der Waals surface area contributed by atoms with E-state index in [2.05, 4.69) is 82.1 Å². The van der Waals surface area contributed by atoms with Crippen molar-refractivity contribution in [3.63, 3.8) is 0 Å². The molecule has 0 bridgehead atoms. The molecule has 0 aromatic heterocycles. The molecule has 0 saturated carbocycles. The van der Waals surface area contributed by atoms with E-state index >= 15 is 0 Å². The van der Waals surface area contributed by atoms with E-state index in [-0.39, 0.29) is 18.7 Å². The van der Waals surface area contributed by atoms with E-state index < -0.39 is 0 Å². The number of hydrogen-bond donors (Lipinski definition) is 1. The lowest BCUT2D eigenvalue weighted by atomic mass is 9.92. The van der Waals surface area contributed by atoms with Crippen LogP contribution in [0.5, 0.6) is 0 Å². The zero-order chi connectivity index (χ0) is 20.5. The number of rotatable bonds is 3. The lowest BCUT2D eigenvalue weighted by molar-refractivity contribution is -0.117. The fraction of sp³-hybridized carbons (Fsp3) is 0.480. The maximum atomic E-state index is 12.4. The minimum absolute atomic E-state index is 0. The molecule has 1 aliphatic heterocycles. The zero-order valence-corrected chi connectivity index (χ0v) is 18.0. The van der Waals surface area contributed by atoms with Gasteiger partial charge in [0, 0.05) is 35.6 Å². The number of aryl methyl sites for hydroxylation is 3. The van der Waals surface area contributed by atoms with Gasteiger partial charge in [0.05, 0.1) is 13.2 Å². The summed E-state index contributed by atoms with van der Waals surface area (Å²) in [7, 11) is 0. The second kappa shape index (κ2) is 9.00. The molecule has 2 aromatic carbocycles. The van der Waals surface area contributed by atoms with Gasteiger partial charge in [-0.15, -0.1) is 0 Å². The van der Waals surface area contributed by atoms with Crippen LogP contribution >= 0.6 is 0 Å². The molecule has 3 rings (SSSR count). The smallest absolute Gasteiger partial charge is 0.224 e. The van der Waals surface area contributed by atoms with Crippen LogP contribution in [0.1, 0.15) is 56.9 Å². The number of anilines is 3. The summed E-state index contributed by atoms with van der Waals surface area (Å²) in [4.78, 5) is 14.7. The number of carbonyl (C=O) groups excluding carboxylic acids is 1. The van der Waals surface area contributed by atoms with Gasteiger partial charge >= 0.3 is 0 Å². The summed E-state index contributed by atoms with van der Waals surface area (Å²) in [5.74, 6) is 0.0652. The van der Waals surface area contributed by atoms with Crippen LogP contribution in [0.2, 0.25) is 0 Å². The number of hydrogen-bond acceptors (Lipinski definition) is 3. The van der Waals surface area contributed by atoms with Gasteiger partial charge in [-0.3, -0.25) is 4.79 Å². The van der Waals surface area contributed by atoms with E-state index in [1.165, 1.54) is 16.8 Å². The predicted molar refractivity (Wildman–Crippen MR) is 123 cm³/mol. The quantitative estimate of drug-likeness (QED) is 0.663. The SMILES string of the molecule is C.Cc1ccc2c(c1)COCCN2c1cc(C)c(NC(=O)CC(C)(C)C)c(C)c1. The van der Waals surface area contributed by atoms with Crippen molar-refractivity contribution in [1.29, 1.82) is 0 Å². The average molecular weight is 397 g/mol. The first kappa shape index (κ1) is 23.0.